The first kappa shape index (κ1) is 40.4. The van der Waals surface area contributed by atoms with E-state index in [9.17, 15) is 47.0 Å². The first-order chi connectivity index (χ1) is 24.7. The van der Waals surface area contributed by atoms with Gasteiger partial charge in [0.25, 0.3) is 0 Å². The van der Waals surface area contributed by atoms with Gasteiger partial charge in [-0.1, -0.05) is 36.4 Å². The number of aliphatic hydroxyl groups excluding tert-OH is 2. The summed E-state index contributed by atoms with van der Waals surface area (Å²) in [5.41, 5.74) is 8.71. The Balaban J connectivity index is 0.000000232. The largest absolute Gasteiger partial charge is 0.449 e. The number of ether oxygens (including phenoxy) is 4. The van der Waals surface area contributed by atoms with Gasteiger partial charge in [0.2, 0.25) is 12.5 Å². The predicted molar refractivity (Wildman–Crippen MR) is 176 cm³/mol. The number of alkyl halides is 4. The maximum atomic E-state index is 14.8. The molecule has 6 rings (SSSR count). The van der Waals surface area contributed by atoms with Crippen molar-refractivity contribution in [2.24, 2.45) is 0 Å². The molecule has 2 aliphatic heterocycles. The molecule has 21 heteroatoms. The molecule has 0 amide bonds. The van der Waals surface area contributed by atoms with Gasteiger partial charge in [0.1, 0.15) is 23.8 Å². The highest BCUT2D eigenvalue weighted by atomic mass is 35.5. The van der Waals surface area contributed by atoms with Crippen LogP contribution in [-0.2, 0) is 18.9 Å². The molecule has 0 bridgehead atoms. The number of aliphatic hydroxyl groups is 2. The molecule has 53 heavy (non-hydrogen) atoms. The fourth-order valence-electron chi connectivity index (χ4n) is 5.24. The molecular weight excluding hydrogens is 740 g/mol. The normalized spacial score (nSPS) is 23.9. The van der Waals surface area contributed by atoms with Gasteiger partial charge < -0.3 is 40.6 Å². The quantitative estimate of drug-likeness (QED) is 0.147. The lowest BCUT2D eigenvalue weighted by Gasteiger charge is -2.24. The topological polar surface area (TPSA) is 233 Å². The van der Waals surface area contributed by atoms with Gasteiger partial charge in [0.05, 0.1) is 24.3 Å². The maximum Gasteiger partial charge on any atom is 0.351 e. The SMILES string of the molecule is Cl.Nc1ccn([C@@H]2O[C@H](CO)C(OC(=O)c3ccccc3)C2(F)F)c(=O)n1.Nc1ccn([C@@H]2O[C@H](CO)C(OC(=O)c3ccccc3)C2(F)F)c(=O)n1. The molecule has 4 heterocycles. The van der Waals surface area contributed by atoms with Gasteiger partial charge >= 0.3 is 35.2 Å². The van der Waals surface area contributed by atoms with Crippen LogP contribution in [0.3, 0.4) is 0 Å². The fraction of sp³-hybridized carbons (Fsp3) is 0.312. The molecule has 2 unspecified atom stereocenters. The molecule has 0 saturated carbocycles. The lowest BCUT2D eigenvalue weighted by molar-refractivity contribution is -0.142. The van der Waals surface area contributed by atoms with E-state index in [2.05, 4.69) is 9.97 Å². The summed E-state index contributed by atoms with van der Waals surface area (Å²) in [5.74, 6) is -9.86. The minimum atomic E-state index is -3.79. The summed E-state index contributed by atoms with van der Waals surface area (Å²) in [6.07, 6.45) is -9.43. The summed E-state index contributed by atoms with van der Waals surface area (Å²) >= 11 is 0. The van der Waals surface area contributed by atoms with E-state index in [1.807, 2.05) is 0 Å². The van der Waals surface area contributed by atoms with Gasteiger partial charge in [-0.15, -0.1) is 12.4 Å². The number of esters is 2. The number of hydrogen-bond donors (Lipinski definition) is 4. The summed E-state index contributed by atoms with van der Waals surface area (Å²) < 4.78 is 80.3. The smallest absolute Gasteiger partial charge is 0.351 e. The lowest BCUT2D eigenvalue weighted by atomic mass is 10.1. The minimum absolute atomic E-state index is 0. The highest BCUT2D eigenvalue weighted by Gasteiger charge is 2.63. The van der Waals surface area contributed by atoms with Gasteiger partial charge in [-0.2, -0.15) is 27.5 Å². The number of carbonyl (C=O) groups is 2. The van der Waals surface area contributed by atoms with Gasteiger partial charge in [0, 0.05) is 12.4 Å². The van der Waals surface area contributed by atoms with Crippen LogP contribution in [0.15, 0.2) is 94.8 Å². The second-order valence-electron chi connectivity index (χ2n) is 11.2. The number of nitrogen functional groups attached to an aromatic ring is 2. The van der Waals surface area contributed by atoms with Crippen LogP contribution in [0, 0.1) is 0 Å². The number of rotatable bonds is 8. The van der Waals surface area contributed by atoms with Gasteiger partial charge in [0.15, 0.2) is 12.2 Å². The van der Waals surface area contributed by atoms with Crippen LogP contribution in [-0.4, -0.2) is 90.7 Å². The van der Waals surface area contributed by atoms with Crippen LogP contribution in [0.4, 0.5) is 29.2 Å². The van der Waals surface area contributed by atoms with E-state index in [0.29, 0.717) is 9.13 Å². The second kappa shape index (κ2) is 16.5. The van der Waals surface area contributed by atoms with Crippen molar-refractivity contribution in [2.75, 3.05) is 24.7 Å². The van der Waals surface area contributed by atoms with Crippen LogP contribution >= 0.6 is 12.4 Å². The molecular formula is C32H31ClF4N6O10. The van der Waals surface area contributed by atoms with E-state index in [-0.39, 0.29) is 35.2 Å². The molecule has 0 aliphatic carbocycles. The Morgan fingerprint density at radius 3 is 1.32 bits per heavy atom. The third-order valence-electron chi connectivity index (χ3n) is 7.76. The lowest BCUT2D eigenvalue weighted by Crippen LogP contribution is -2.44. The van der Waals surface area contributed by atoms with Crippen LogP contribution in [0.2, 0.25) is 0 Å². The summed E-state index contributed by atoms with van der Waals surface area (Å²) in [7, 11) is 0. The number of halogens is 5. The maximum absolute atomic E-state index is 14.8. The van der Waals surface area contributed by atoms with Crippen LogP contribution in [0.1, 0.15) is 33.2 Å². The van der Waals surface area contributed by atoms with Crippen molar-refractivity contribution in [3.05, 3.63) is 117 Å². The molecule has 6 N–H and O–H groups in total. The molecule has 284 valence electrons. The second-order valence-corrected chi connectivity index (χ2v) is 11.2. The van der Waals surface area contributed by atoms with Crippen LogP contribution < -0.4 is 22.8 Å². The van der Waals surface area contributed by atoms with E-state index >= 15 is 0 Å². The highest BCUT2D eigenvalue weighted by molar-refractivity contribution is 5.90. The molecule has 2 saturated heterocycles. The molecule has 0 spiro atoms. The zero-order valence-electron chi connectivity index (χ0n) is 27.0. The summed E-state index contributed by atoms with van der Waals surface area (Å²) in [6, 6.07) is 17.4. The molecule has 0 radical (unpaired) electrons. The monoisotopic (exact) mass is 770 g/mol. The highest BCUT2D eigenvalue weighted by Crippen LogP contribution is 2.45. The minimum Gasteiger partial charge on any atom is -0.449 e. The van der Waals surface area contributed by atoms with Crippen molar-refractivity contribution in [2.45, 2.75) is 48.7 Å². The van der Waals surface area contributed by atoms with Crippen molar-refractivity contribution in [1.82, 2.24) is 19.1 Å². The number of benzene rings is 2. The van der Waals surface area contributed by atoms with Crippen molar-refractivity contribution in [3.8, 4) is 0 Å². The summed E-state index contributed by atoms with van der Waals surface area (Å²) in [6.45, 7) is -1.67. The van der Waals surface area contributed by atoms with E-state index in [4.69, 9.17) is 30.4 Å². The average Bonchev–Trinajstić information content (AvgIpc) is 3.52. The van der Waals surface area contributed by atoms with Gasteiger partial charge in [-0.3, -0.25) is 9.13 Å². The Bertz CT molecular complexity index is 1870. The first-order valence-corrected chi connectivity index (χ1v) is 15.2. The van der Waals surface area contributed by atoms with Crippen molar-refractivity contribution in [1.29, 1.82) is 0 Å². The number of nitrogens with zero attached hydrogens (tertiary/aromatic N) is 4. The van der Waals surface area contributed by atoms with Crippen molar-refractivity contribution < 1.29 is 56.3 Å². The molecule has 6 atom stereocenters. The third kappa shape index (κ3) is 8.47. The first-order valence-electron chi connectivity index (χ1n) is 15.2. The number of hydrogen-bond acceptors (Lipinski definition) is 14. The number of anilines is 2. The molecule has 4 aromatic rings. The van der Waals surface area contributed by atoms with Crippen LogP contribution in [0.25, 0.3) is 0 Å². The molecule has 2 fully saturated rings. The summed E-state index contributed by atoms with van der Waals surface area (Å²) in [5, 5.41) is 18.7. The van der Waals surface area contributed by atoms with Crippen molar-refractivity contribution >= 4 is 36.0 Å². The Kier molecular flexibility index (Phi) is 12.6. The standard InChI is InChI=1S/2C16H15F2N3O5.ClH/c2*17-16(18)12(26-13(23)9-4-2-1-3-5-9)10(8-22)25-14(16)21-7-6-11(19)20-15(21)24;/h2*1-7,10,12,14,22H,8H2,(H2,19,20,24);1H/t2*10-,12?,14-;/m11./s1. The Morgan fingerprint density at radius 2 is 1.02 bits per heavy atom. The third-order valence-corrected chi connectivity index (χ3v) is 7.76. The predicted octanol–water partition coefficient (Wildman–Crippen LogP) is 1.57. The zero-order valence-corrected chi connectivity index (χ0v) is 27.8. The van der Waals surface area contributed by atoms with E-state index in [0.717, 1.165) is 24.5 Å². The van der Waals surface area contributed by atoms with Gasteiger partial charge in [-0.05, 0) is 36.4 Å². The fourth-order valence-corrected chi connectivity index (χ4v) is 5.24. The van der Waals surface area contributed by atoms with E-state index in [1.54, 1.807) is 36.4 Å². The van der Waals surface area contributed by atoms with E-state index < -0.39 is 85.2 Å². The van der Waals surface area contributed by atoms with Crippen molar-refractivity contribution in [3.63, 3.8) is 0 Å². The van der Waals surface area contributed by atoms with Gasteiger partial charge in [-0.25, -0.2) is 19.2 Å². The van der Waals surface area contributed by atoms with Crippen LogP contribution in [0.5, 0.6) is 0 Å². The molecule has 2 aliphatic rings. The molecule has 2 aromatic heterocycles. The average molecular weight is 771 g/mol. The number of aromatic nitrogens is 4. The number of nitrogens with two attached hydrogens (primary N) is 2. The zero-order chi connectivity index (χ0) is 37.8. The van der Waals surface area contributed by atoms with E-state index in [1.165, 1.54) is 24.3 Å². The molecule has 2 aromatic carbocycles. The summed E-state index contributed by atoms with van der Waals surface area (Å²) in [4.78, 5) is 54.7. The Hall–Kier alpha value is -5.41. The Morgan fingerprint density at radius 1 is 0.679 bits per heavy atom. The Labute approximate surface area is 301 Å². The molecule has 16 nitrogen and oxygen atoms in total. The number of carbonyl (C=O) groups excluding carboxylic acids is 2.